The van der Waals surface area contributed by atoms with Crippen molar-refractivity contribution in [1.29, 1.82) is 0 Å². The topological polar surface area (TPSA) is 54.4 Å². The second-order valence-corrected chi connectivity index (χ2v) is 4.28. The highest BCUT2D eigenvalue weighted by Crippen LogP contribution is 2.38. The van der Waals surface area contributed by atoms with Gasteiger partial charge in [0.05, 0.1) is 6.42 Å². The largest absolute Gasteiger partial charge is 0.481 e. The first-order chi connectivity index (χ1) is 8.68. The van der Waals surface area contributed by atoms with E-state index in [0.29, 0.717) is 16.7 Å². The quantitative estimate of drug-likeness (QED) is 0.746. The van der Waals surface area contributed by atoms with Crippen molar-refractivity contribution >= 4 is 11.8 Å². The number of carboxylic acids is 1. The molecule has 0 saturated heterocycles. The average molecular weight is 238 g/mol. The lowest BCUT2D eigenvalue weighted by atomic mass is 9.97. The summed E-state index contributed by atoms with van der Waals surface area (Å²) in [5.41, 5.74) is 3.58. The van der Waals surface area contributed by atoms with Crippen molar-refractivity contribution in [2.24, 2.45) is 0 Å². The fourth-order valence-corrected chi connectivity index (χ4v) is 2.46. The predicted octanol–water partition coefficient (Wildman–Crippen LogP) is 2.53. The van der Waals surface area contributed by atoms with Crippen LogP contribution in [-0.2, 0) is 11.2 Å². The van der Waals surface area contributed by atoms with Crippen LogP contribution in [0.1, 0.15) is 21.5 Å². The van der Waals surface area contributed by atoms with Crippen LogP contribution in [0.3, 0.4) is 0 Å². The second kappa shape index (κ2) is 3.81. The first-order valence-corrected chi connectivity index (χ1v) is 5.66. The van der Waals surface area contributed by atoms with Gasteiger partial charge in [-0.15, -0.1) is 0 Å². The minimum absolute atomic E-state index is 0.0205. The molecular formula is C15H10O3. The third-order valence-electron chi connectivity index (χ3n) is 3.18. The van der Waals surface area contributed by atoms with Crippen molar-refractivity contribution < 1.29 is 14.7 Å². The molecule has 0 saturated carbocycles. The standard InChI is InChI=1S/C15H10O3/c16-13(17)8-9-4-3-7-12-14(9)10-5-1-2-6-11(10)15(12)18/h1-7H,8H2,(H,16,17). The van der Waals surface area contributed by atoms with Crippen LogP contribution in [0.4, 0.5) is 0 Å². The van der Waals surface area contributed by atoms with Crippen molar-refractivity contribution in [2.75, 3.05) is 0 Å². The van der Waals surface area contributed by atoms with Gasteiger partial charge in [-0.3, -0.25) is 9.59 Å². The maximum Gasteiger partial charge on any atom is 0.307 e. The lowest BCUT2D eigenvalue weighted by molar-refractivity contribution is -0.136. The molecule has 1 aliphatic carbocycles. The maximum absolute atomic E-state index is 12.2. The Kier molecular flexibility index (Phi) is 2.27. The Morgan fingerprint density at radius 1 is 0.944 bits per heavy atom. The van der Waals surface area contributed by atoms with E-state index in [1.54, 1.807) is 24.3 Å². The summed E-state index contributed by atoms with van der Waals surface area (Å²) in [4.78, 5) is 23.1. The molecule has 0 unspecified atom stereocenters. The lowest BCUT2D eigenvalue weighted by Crippen LogP contribution is -2.02. The minimum atomic E-state index is -0.889. The molecule has 3 heteroatoms. The predicted molar refractivity (Wildman–Crippen MR) is 66.7 cm³/mol. The molecule has 0 radical (unpaired) electrons. The summed E-state index contributed by atoms with van der Waals surface area (Å²) in [5.74, 6) is -0.909. The van der Waals surface area contributed by atoms with Gasteiger partial charge in [-0.05, 0) is 16.7 Å². The van der Waals surface area contributed by atoms with E-state index in [0.717, 1.165) is 11.1 Å². The molecule has 0 heterocycles. The van der Waals surface area contributed by atoms with Crippen LogP contribution in [0.5, 0.6) is 0 Å². The van der Waals surface area contributed by atoms with E-state index in [2.05, 4.69) is 0 Å². The first kappa shape index (κ1) is 10.7. The van der Waals surface area contributed by atoms with E-state index < -0.39 is 5.97 Å². The number of carboxylic acid groups (broad SMARTS) is 1. The maximum atomic E-state index is 12.2. The van der Waals surface area contributed by atoms with E-state index in [1.807, 2.05) is 18.2 Å². The molecule has 2 aromatic rings. The number of carbonyl (C=O) groups is 2. The second-order valence-electron chi connectivity index (χ2n) is 4.28. The number of ketones is 1. The zero-order valence-electron chi connectivity index (χ0n) is 9.51. The molecule has 0 amide bonds. The fourth-order valence-electron chi connectivity index (χ4n) is 2.46. The Morgan fingerprint density at radius 3 is 2.33 bits per heavy atom. The Morgan fingerprint density at radius 2 is 1.61 bits per heavy atom. The molecule has 1 aliphatic rings. The average Bonchev–Trinajstić information content (AvgIpc) is 2.65. The molecule has 2 aromatic carbocycles. The highest BCUT2D eigenvalue weighted by Gasteiger charge is 2.28. The van der Waals surface area contributed by atoms with Gasteiger partial charge in [0.25, 0.3) is 0 Å². The molecule has 18 heavy (non-hydrogen) atoms. The highest BCUT2D eigenvalue weighted by molar-refractivity contribution is 6.22. The number of carbonyl (C=O) groups excluding carboxylic acids is 1. The van der Waals surface area contributed by atoms with E-state index in [1.165, 1.54) is 0 Å². The third kappa shape index (κ3) is 1.44. The van der Waals surface area contributed by atoms with Gasteiger partial charge in [-0.2, -0.15) is 0 Å². The SMILES string of the molecule is O=C(O)Cc1cccc2c1-c1ccccc1C2=O. The fraction of sp³-hybridized carbons (Fsp3) is 0.0667. The van der Waals surface area contributed by atoms with Gasteiger partial charge in [0.2, 0.25) is 0 Å². The number of hydrogen-bond donors (Lipinski definition) is 1. The van der Waals surface area contributed by atoms with Crippen LogP contribution >= 0.6 is 0 Å². The van der Waals surface area contributed by atoms with Crippen LogP contribution < -0.4 is 0 Å². The van der Waals surface area contributed by atoms with Gasteiger partial charge in [-0.1, -0.05) is 42.5 Å². The summed E-state index contributed by atoms with van der Waals surface area (Å²) in [6, 6.07) is 12.6. The third-order valence-corrected chi connectivity index (χ3v) is 3.18. The Hall–Kier alpha value is -2.42. The molecule has 0 spiro atoms. The Balaban J connectivity index is 2.28. The monoisotopic (exact) mass is 238 g/mol. The van der Waals surface area contributed by atoms with Crippen LogP contribution in [0, 0.1) is 0 Å². The molecule has 0 aromatic heterocycles. The molecular weight excluding hydrogens is 228 g/mol. The normalized spacial score (nSPS) is 12.1. The minimum Gasteiger partial charge on any atom is -0.481 e. The van der Waals surface area contributed by atoms with Gasteiger partial charge in [0, 0.05) is 11.1 Å². The van der Waals surface area contributed by atoms with Gasteiger partial charge >= 0.3 is 5.97 Å². The molecule has 3 nitrogen and oxygen atoms in total. The number of fused-ring (bicyclic) bond motifs is 3. The van der Waals surface area contributed by atoms with Crippen molar-refractivity contribution in [3.8, 4) is 11.1 Å². The van der Waals surface area contributed by atoms with E-state index in [-0.39, 0.29) is 12.2 Å². The van der Waals surface area contributed by atoms with Crippen LogP contribution in [0.25, 0.3) is 11.1 Å². The summed E-state index contributed by atoms with van der Waals surface area (Å²) in [5, 5.41) is 8.93. The zero-order valence-corrected chi connectivity index (χ0v) is 9.51. The number of benzene rings is 2. The summed E-state index contributed by atoms with van der Waals surface area (Å²) >= 11 is 0. The highest BCUT2D eigenvalue weighted by atomic mass is 16.4. The van der Waals surface area contributed by atoms with E-state index in [9.17, 15) is 9.59 Å². The Labute approximate surface area is 104 Å². The van der Waals surface area contributed by atoms with Crippen molar-refractivity contribution in [3.63, 3.8) is 0 Å². The van der Waals surface area contributed by atoms with E-state index in [4.69, 9.17) is 5.11 Å². The molecule has 88 valence electrons. The van der Waals surface area contributed by atoms with Gasteiger partial charge in [0.15, 0.2) is 5.78 Å². The molecule has 0 atom stereocenters. The number of rotatable bonds is 2. The smallest absolute Gasteiger partial charge is 0.307 e. The summed E-state index contributed by atoms with van der Waals surface area (Å²) in [7, 11) is 0. The van der Waals surface area contributed by atoms with Gasteiger partial charge in [-0.25, -0.2) is 0 Å². The Bertz CT molecular complexity index is 671. The molecule has 0 fully saturated rings. The summed E-state index contributed by atoms with van der Waals surface area (Å²) in [6.45, 7) is 0. The van der Waals surface area contributed by atoms with Crippen LogP contribution in [0.2, 0.25) is 0 Å². The van der Waals surface area contributed by atoms with Crippen molar-refractivity contribution in [2.45, 2.75) is 6.42 Å². The van der Waals surface area contributed by atoms with Gasteiger partial charge in [0.1, 0.15) is 0 Å². The zero-order chi connectivity index (χ0) is 12.7. The summed E-state index contributed by atoms with van der Waals surface area (Å²) < 4.78 is 0. The van der Waals surface area contributed by atoms with Gasteiger partial charge < -0.3 is 5.11 Å². The van der Waals surface area contributed by atoms with Crippen molar-refractivity contribution in [3.05, 3.63) is 59.2 Å². The lowest BCUT2D eigenvalue weighted by Gasteiger charge is -2.06. The first-order valence-electron chi connectivity index (χ1n) is 5.66. The molecule has 0 bridgehead atoms. The van der Waals surface area contributed by atoms with Crippen LogP contribution in [-0.4, -0.2) is 16.9 Å². The molecule has 0 aliphatic heterocycles. The molecule has 1 N–H and O–H groups in total. The van der Waals surface area contributed by atoms with Crippen molar-refractivity contribution in [1.82, 2.24) is 0 Å². The summed E-state index contributed by atoms with van der Waals surface area (Å²) in [6.07, 6.45) is -0.0647. The van der Waals surface area contributed by atoms with E-state index >= 15 is 0 Å². The molecule has 3 rings (SSSR count). The van der Waals surface area contributed by atoms with Crippen LogP contribution in [0.15, 0.2) is 42.5 Å². The number of aliphatic carboxylic acids is 1. The number of hydrogen-bond acceptors (Lipinski definition) is 2.